The Morgan fingerprint density at radius 1 is 0.510 bits per heavy atom. The predicted octanol–water partition coefficient (Wildman–Crippen LogP) is 13.0. The maximum atomic E-state index is 2.74. The minimum absolute atomic E-state index is 0.614. The van der Waals surface area contributed by atoms with Gasteiger partial charge in [0, 0.05) is 0 Å². The van der Waals surface area contributed by atoms with E-state index in [2.05, 4.69) is 162 Å². The van der Waals surface area contributed by atoms with Gasteiger partial charge in [-0.15, -0.1) is 0 Å². The average molecular weight is 821 g/mol. The number of hydrogen-bond acceptors (Lipinski definition) is 0. The van der Waals surface area contributed by atoms with E-state index in [1.54, 1.807) is 49.0 Å². The molecule has 49 heavy (non-hydrogen) atoms. The van der Waals surface area contributed by atoms with E-state index in [9.17, 15) is 0 Å². The van der Waals surface area contributed by atoms with Crippen molar-refractivity contribution in [2.75, 3.05) is 0 Å². The van der Waals surface area contributed by atoms with Crippen LogP contribution in [0.5, 0.6) is 0 Å². The molecule has 4 bridgehead atoms. The van der Waals surface area contributed by atoms with Crippen LogP contribution in [0.15, 0.2) is 139 Å². The van der Waals surface area contributed by atoms with Crippen molar-refractivity contribution in [2.24, 2.45) is 0 Å². The molecule has 2 unspecified atom stereocenters. The number of benzene rings is 5. The summed E-state index contributed by atoms with van der Waals surface area (Å²) in [6.07, 6.45) is 5.28. The Balaban J connectivity index is 1.56. The van der Waals surface area contributed by atoms with E-state index in [-0.39, 0.29) is 0 Å². The molecule has 2 heteroatoms. The van der Waals surface area contributed by atoms with Gasteiger partial charge in [0.15, 0.2) is 0 Å². The predicted molar refractivity (Wildman–Crippen MR) is 212 cm³/mol. The third-order valence-electron chi connectivity index (χ3n) is 12.6. The van der Waals surface area contributed by atoms with Crippen molar-refractivity contribution in [1.82, 2.24) is 0 Å². The van der Waals surface area contributed by atoms with Gasteiger partial charge in [-0.05, 0) is 0 Å². The van der Waals surface area contributed by atoms with Gasteiger partial charge in [0.1, 0.15) is 0 Å². The van der Waals surface area contributed by atoms with Crippen LogP contribution in [0.2, 0.25) is 14.9 Å². The first-order chi connectivity index (χ1) is 24.0. The Bertz CT molecular complexity index is 1940. The Labute approximate surface area is 300 Å². The molecule has 0 aromatic heterocycles. The van der Waals surface area contributed by atoms with Crippen molar-refractivity contribution in [3.05, 3.63) is 161 Å². The quantitative estimate of drug-likeness (QED) is 0.130. The molecule has 2 atom stereocenters. The average Bonchev–Trinajstić information content (AvgIpc) is 3.65. The molecule has 5 aromatic carbocycles. The van der Waals surface area contributed by atoms with Crippen LogP contribution >= 0.6 is 0 Å². The van der Waals surface area contributed by atoms with Gasteiger partial charge in [-0.1, -0.05) is 0 Å². The van der Waals surface area contributed by atoms with Gasteiger partial charge in [-0.2, -0.15) is 0 Å². The molecular formula is C47H50HfSi. The zero-order valence-electron chi connectivity index (χ0n) is 30.0. The second-order valence-electron chi connectivity index (χ2n) is 15.2. The van der Waals surface area contributed by atoms with Gasteiger partial charge in [-0.3, -0.25) is 0 Å². The van der Waals surface area contributed by atoms with Crippen LogP contribution in [-0.4, -0.2) is 8.07 Å². The summed E-state index contributed by atoms with van der Waals surface area (Å²) in [5, 5.41) is 5.02. The molecule has 2 aliphatic carbocycles. The normalized spacial score (nSPS) is 21.7. The van der Waals surface area contributed by atoms with Gasteiger partial charge in [0.2, 0.25) is 0 Å². The molecule has 0 saturated carbocycles. The van der Waals surface area contributed by atoms with Gasteiger partial charge in [0.25, 0.3) is 0 Å². The summed E-state index contributed by atoms with van der Waals surface area (Å²) in [5.41, 5.74) is 15.7. The van der Waals surface area contributed by atoms with E-state index in [1.165, 1.54) is 56.3 Å². The molecule has 0 nitrogen and oxygen atoms in total. The molecule has 0 saturated heterocycles. The number of unbranched alkanes of at least 4 members (excludes halogenated alkanes) is 2. The minimum atomic E-state index is -3.45. The summed E-state index contributed by atoms with van der Waals surface area (Å²) in [5.74, 6) is 0. The molecule has 246 valence electrons. The fourth-order valence-corrected chi connectivity index (χ4v) is 44.0. The Hall–Kier alpha value is -3.33. The molecule has 0 spiro atoms. The van der Waals surface area contributed by atoms with Crippen LogP contribution < -0.4 is 5.19 Å². The summed E-state index contributed by atoms with van der Waals surface area (Å²) >= 11 is -3.45. The third-order valence-corrected chi connectivity index (χ3v) is 40.2. The summed E-state index contributed by atoms with van der Waals surface area (Å²) in [7, 11) is -2.56. The van der Waals surface area contributed by atoms with Crippen molar-refractivity contribution in [1.29, 1.82) is 0 Å². The zero-order valence-corrected chi connectivity index (χ0v) is 34.6. The Morgan fingerprint density at radius 2 is 0.918 bits per heavy atom. The molecule has 0 amide bonds. The molecule has 8 rings (SSSR count). The molecule has 0 radical (unpaired) electrons. The number of rotatable bonds is 9. The monoisotopic (exact) mass is 822 g/mol. The first-order valence-corrected chi connectivity index (χ1v) is 30.6. The number of allylic oxidation sites excluding steroid dienone is 2. The van der Waals surface area contributed by atoms with Crippen molar-refractivity contribution < 1.29 is 20.0 Å². The molecule has 5 aromatic rings. The van der Waals surface area contributed by atoms with E-state index >= 15 is 0 Å². The second kappa shape index (κ2) is 13.1. The Morgan fingerprint density at radius 3 is 1.33 bits per heavy atom. The fraction of sp³-hybridized carbons (Fsp3) is 0.277. The summed E-state index contributed by atoms with van der Waals surface area (Å²) in [6.45, 7) is 12.8. The fourth-order valence-electron chi connectivity index (χ4n) is 10.9. The first kappa shape index (κ1) is 32.8. The van der Waals surface area contributed by atoms with Crippen molar-refractivity contribution >= 4 is 23.7 Å². The number of fused-ring (bicyclic) bond motifs is 8. The van der Waals surface area contributed by atoms with E-state index in [4.69, 9.17) is 0 Å². The van der Waals surface area contributed by atoms with Gasteiger partial charge in [0.05, 0.1) is 0 Å². The van der Waals surface area contributed by atoms with E-state index in [0.29, 0.717) is 7.35 Å². The zero-order chi connectivity index (χ0) is 33.8. The second-order valence-corrected chi connectivity index (χ2v) is 35.6. The van der Waals surface area contributed by atoms with E-state index in [0.717, 1.165) is 0 Å². The van der Waals surface area contributed by atoms with Crippen molar-refractivity contribution in [2.45, 2.75) is 75.6 Å². The first-order valence-electron chi connectivity index (χ1n) is 18.8. The molecule has 1 aliphatic heterocycles. The summed E-state index contributed by atoms with van der Waals surface area (Å²) in [6, 6.07) is 49.3. The van der Waals surface area contributed by atoms with Crippen LogP contribution in [0, 0.1) is 0 Å². The number of hydrogen-bond donors (Lipinski definition) is 0. The standard InChI is InChI=1S/C39H32Si.2C4H9.Hf/c1-27-25-31-19-13-23-34(29-15-7-4-8-16-29)36(31)38(27)40(3,33-21-11-6-12-22-33)39-28(2)26-32-20-14-24-35(37(32)39)30-17-9-5-10-18-30;2*1-3-4-2;/h4-26H,1-3H3;2*1,3-4H2,2H3;. The maximum absolute atomic E-state index is 3.45. The molecule has 1 heterocycles. The third kappa shape index (κ3) is 4.91. The van der Waals surface area contributed by atoms with Crippen molar-refractivity contribution in [3.63, 3.8) is 0 Å². The van der Waals surface area contributed by atoms with Gasteiger partial charge >= 0.3 is 302 Å². The summed E-state index contributed by atoms with van der Waals surface area (Å²) < 4.78 is 4.17. The van der Waals surface area contributed by atoms with E-state index in [1.807, 2.05) is 0 Å². The van der Waals surface area contributed by atoms with Crippen LogP contribution in [0.3, 0.4) is 0 Å². The van der Waals surface area contributed by atoms with E-state index < -0.39 is 28.0 Å². The molecule has 0 fully saturated rings. The van der Waals surface area contributed by atoms with Crippen LogP contribution in [-0.2, 0) is 20.0 Å². The topological polar surface area (TPSA) is 0 Å². The van der Waals surface area contributed by atoms with Gasteiger partial charge in [-0.25, -0.2) is 0 Å². The Kier molecular flexibility index (Phi) is 8.77. The van der Waals surface area contributed by atoms with Gasteiger partial charge < -0.3 is 0 Å². The van der Waals surface area contributed by atoms with Crippen LogP contribution in [0.25, 0.3) is 32.6 Å². The molecule has 0 N–H and O–H groups in total. The van der Waals surface area contributed by atoms with Crippen LogP contribution in [0.1, 0.15) is 83.0 Å². The van der Waals surface area contributed by atoms with Crippen LogP contribution in [0.4, 0.5) is 0 Å². The SMILES string of the molecule is CCC[CH2][Hf]1([CH2]CCC)[CH]2C(C)=C(c3c(-c4ccccc4)cccc32)[Si](C)(c2ccccc2)C2=C(C)[CH]1c1cccc(-c3ccccc3)c12. The summed E-state index contributed by atoms with van der Waals surface area (Å²) in [4.78, 5) is 0. The van der Waals surface area contributed by atoms with Crippen molar-refractivity contribution in [3.8, 4) is 22.3 Å². The molecular weight excluding hydrogens is 771 g/mol. The molecule has 3 aliphatic rings.